The van der Waals surface area contributed by atoms with Gasteiger partial charge in [0.2, 0.25) is 0 Å². The molecule has 3 aromatic heterocycles. The van der Waals surface area contributed by atoms with Gasteiger partial charge >= 0.3 is 0 Å². The highest BCUT2D eigenvalue weighted by Gasteiger charge is 2.48. The van der Waals surface area contributed by atoms with E-state index in [0.29, 0.717) is 0 Å². The summed E-state index contributed by atoms with van der Waals surface area (Å²) >= 11 is 1.95. The average molecular weight is 1090 g/mol. The summed E-state index contributed by atoms with van der Waals surface area (Å²) in [6.45, 7) is 16.1. The maximum Gasteiger partial charge on any atom is 0.264 e. The molecule has 0 amide bonds. The van der Waals surface area contributed by atoms with Gasteiger partial charge in [0.15, 0.2) is 11.2 Å². The topological polar surface area (TPSA) is 36.0 Å². The van der Waals surface area contributed by atoms with E-state index in [2.05, 4.69) is 263 Å². The first kappa shape index (κ1) is 48.9. The second kappa shape index (κ2) is 17.4. The first-order valence-electron chi connectivity index (χ1n) is 29.7. The van der Waals surface area contributed by atoms with Crippen LogP contribution in [0.1, 0.15) is 95.0 Å². The number of nitrogens with zero attached hydrogens (tertiary/aromatic N) is 3. The lowest BCUT2D eigenvalue weighted by atomic mass is 9.36. The number of para-hydroxylation sites is 4. The van der Waals surface area contributed by atoms with E-state index < -0.39 is 0 Å². The molecular weight excluding hydrogens is 1030 g/mol. The van der Waals surface area contributed by atoms with Crippen molar-refractivity contribution in [3.05, 3.63) is 228 Å². The smallest absolute Gasteiger partial charge is 0.264 e. The van der Waals surface area contributed by atoms with E-state index >= 15 is 0 Å². The Bertz CT molecular complexity index is 4890. The van der Waals surface area contributed by atoms with Gasteiger partial charge in [0.1, 0.15) is 11.2 Å². The predicted octanol–water partition coefficient (Wildman–Crippen LogP) is 20.0. The summed E-state index contributed by atoms with van der Waals surface area (Å²) in [5, 5.41) is 5.73. The van der Waals surface area contributed by atoms with Gasteiger partial charge in [0.05, 0.1) is 17.1 Å². The fraction of sp³-hybridized carbons (Fsp3) is 0.184. The number of fused-ring (bicyclic) bond motifs is 17. The normalized spacial score (nSPS) is 15.0. The molecule has 1 fully saturated rings. The third kappa shape index (κ3) is 7.01. The highest BCUT2D eigenvalue weighted by molar-refractivity contribution is 7.33. The van der Waals surface area contributed by atoms with Gasteiger partial charge in [-0.2, -0.15) is 0 Å². The zero-order chi connectivity index (χ0) is 55.8. The maximum atomic E-state index is 7.04. The van der Waals surface area contributed by atoms with Crippen LogP contribution in [0.2, 0.25) is 0 Å². The van der Waals surface area contributed by atoms with Crippen molar-refractivity contribution in [3.8, 4) is 11.1 Å². The number of benzene rings is 10. The van der Waals surface area contributed by atoms with Crippen LogP contribution >= 0.6 is 11.3 Å². The van der Waals surface area contributed by atoms with Crippen molar-refractivity contribution in [2.45, 2.75) is 90.4 Å². The Labute approximate surface area is 489 Å². The summed E-state index contributed by atoms with van der Waals surface area (Å²) < 4.78 is 16.6. The van der Waals surface area contributed by atoms with Gasteiger partial charge in [-0.05, 0) is 165 Å². The minimum absolute atomic E-state index is 0.0129. The van der Waals surface area contributed by atoms with Gasteiger partial charge < -0.3 is 23.5 Å². The number of thiophene rings is 1. The van der Waals surface area contributed by atoms with Crippen LogP contribution in [-0.2, 0) is 16.2 Å². The number of hydrogen-bond donors (Lipinski definition) is 0. The Morgan fingerprint density at radius 2 is 1.12 bits per heavy atom. The zero-order valence-electron chi connectivity index (χ0n) is 48.0. The van der Waals surface area contributed by atoms with E-state index in [0.717, 1.165) is 79.5 Å². The molecule has 83 heavy (non-hydrogen) atoms. The number of furan rings is 2. The molecule has 2 aliphatic carbocycles. The Morgan fingerprint density at radius 3 is 1.87 bits per heavy atom. The molecule has 2 aliphatic heterocycles. The van der Waals surface area contributed by atoms with Crippen LogP contribution in [0.4, 0.5) is 51.2 Å². The monoisotopic (exact) mass is 1090 g/mol. The van der Waals surface area contributed by atoms with Gasteiger partial charge in [0, 0.05) is 75.9 Å². The van der Waals surface area contributed by atoms with E-state index in [-0.39, 0.29) is 23.0 Å². The molecule has 402 valence electrons. The minimum Gasteiger partial charge on any atom is -0.454 e. The van der Waals surface area contributed by atoms with E-state index in [1.807, 2.05) is 11.3 Å². The third-order valence-electron chi connectivity index (χ3n) is 19.1. The summed E-state index contributed by atoms with van der Waals surface area (Å²) in [7, 11) is 0. The largest absolute Gasteiger partial charge is 0.454 e. The number of hydrogen-bond acceptors (Lipinski definition) is 6. The molecule has 0 unspecified atom stereocenters. The standard InChI is InChI=1S/C76H62BN3O2S/c1-45-40-64-69-65(41-45)80(62-25-17-22-56-54-20-10-13-27-67(54)82-72(56)62)70-57-42-47(75(5,6)7)30-37-68(57)83-73(70)77(69)60-36-34-50(44-63(60)79(64)49-33-35-52-51-18-8-11-23-58(51)76(59(52)43-49)38-14-15-39-76)78(48-31-28-46(29-32-48)74(2,3)4)61-24-16-21-55-53-19-9-12-26-66(53)81-71(55)61/h8-13,16-37,40-44H,14-15,38-39H2,1-7H3. The molecule has 1 saturated carbocycles. The van der Waals surface area contributed by atoms with Crippen LogP contribution in [0.5, 0.6) is 0 Å². The lowest BCUT2D eigenvalue weighted by Crippen LogP contribution is -2.60. The molecule has 0 bridgehead atoms. The fourth-order valence-electron chi connectivity index (χ4n) is 15.2. The lowest BCUT2D eigenvalue weighted by Gasteiger charge is -2.44. The van der Waals surface area contributed by atoms with E-state index in [4.69, 9.17) is 8.83 Å². The first-order chi connectivity index (χ1) is 40.3. The van der Waals surface area contributed by atoms with Gasteiger partial charge in [-0.3, -0.25) is 0 Å². The molecule has 13 aromatic rings. The van der Waals surface area contributed by atoms with E-state index in [1.165, 1.54) is 106 Å². The molecule has 10 aromatic carbocycles. The van der Waals surface area contributed by atoms with Crippen LogP contribution in [0, 0.1) is 6.92 Å². The molecular formula is C76H62BN3O2S. The third-order valence-corrected chi connectivity index (χ3v) is 20.3. The molecule has 5 heterocycles. The highest BCUT2D eigenvalue weighted by atomic mass is 32.1. The van der Waals surface area contributed by atoms with E-state index in [9.17, 15) is 0 Å². The number of aryl methyl sites for hydroxylation is 1. The molecule has 0 N–H and O–H groups in total. The summed E-state index contributed by atoms with van der Waals surface area (Å²) in [5.41, 5.74) is 25.7. The zero-order valence-corrected chi connectivity index (χ0v) is 48.8. The highest BCUT2D eigenvalue weighted by Crippen LogP contribution is 2.59. The van der Waals surface area contributed by atoms with Crippen molar-refractivity contribution in [3.63, 3.8) is 0 Å². The van der Waals surface area contributed by atoms with Gasteiger partial charge in [-0.25, -0.2) is 0 Å². The predicted molar refractivity (Wildman–Crippen MR) is 352 cm³/mol. The Morgan fingerprint density at radius 1 is 0.494 bits per heavy atom. The van der Waals surface area contributed by atoms with Gasteiger partial charge in [-0.15, -0.1) is 11.3 Å². The second-order valence-electron chi connectivity index (χ2n) is 26.0. The van der Waals surface area contributed by atoms with Crippen LogP contribution in [0.25, 0.3) is 65.1 Å². The Hall–Kier alpha value is -8.78. The molecule has 1 spiro atoms. The fourth-order valence-corrected chi connectivity index (χ4v) is 16.5. The molecule has 5 nitrogen and oxygen atoms in total. The SMILES string of the molecule is Cc1cc2c3c(c1)N(c1cccc4c1oc1ccccc14)c1c(sc4ccc(C(C)(C)C)cc14)B3c1ccc(N(c3ccc(C(C)(C)C)cc3)c3cccc4c3oc3ccccc34)cc1N2c1ccc2c(c1)C1(CCCC1)c1ccccc1-2. The van der Waals surface area contributed by atoms with Gasteiger partial charge in [-0.1, -0.05) is 170 Å². The van der Waals surface area contributed by atoms with Crippen molar-refractivity contribution in [1.82, 2.24) is 0 Å². The van der Waals surface area contributed by atoms with Crippen molar-refractivity contribution < 1.29 is 8.83 Å². The molecule has 17 rings (SSSR count). The minimum atomic E-state index is -0.0873. The Balaban J connectivity index is 0.966. The molecule has 0 saturated heterocycles. The first-order valence-corrected chi connectivity index (χ1v) is 30.5. The van der Waals surface area contributed by atoms with Crippen LogP contribution in [0.3, 0.4) is 0 Å². The lowest BCUT2D eigenvalue weighted by molar-refractivity contribution is 0.550. The Kier molecular flexibility index (Phi) is 10.2. The molecule has 7 heteroatoms. The number of rotatable bonds is 5. The molecule has 0 atom stereocenters. The van der Waals surface area contributed by atoms with Crippen LogP contribution in [0.15, 0.2) is 209 Å². The summed E-state index contributed by atoms with van der Waals surface area (Å²) in [6, 6.07) is 75.8. The van der Waals surface area contributed by atoms with Gasteiger partial charge in [0.25, 0.3) is 6.71 Å². The van der Waals surface area contributed by atoms with Crippen molar-refractivity contribution >= 4 is 139 Å². The summed E-state index contributed by atoms with van der Waals surface area (Å²) in [4.78, 5) is 7.68. The maximum absolute atomic E-state index is 7.04. The molecule has 4 aliphatic rings. The van der Waals surface area contributed by atoms with Crippen molar-refractivity contribution in [1.29, 1.82) is 0 Å². The second-order valence-corrected chi connectivity index (χ2v) is 27.1. The van der Waals surface area contributed by atoms with Crippen LogP contribution in [-0.4, -0.2) is 6.71 Å². The quantitative estimate of drug-likeness (QED) is 0.161. The van der Waals surface area contributed by atoms with Crippen molar-refractivity contribution in [2.75, 3.05) is 14.7 Å². The van der Waals surface area contributed by atoms with E-state index in [1.54, 1.807) is 0 Å². The number of anilines is 9. The average Bonchev–Trinajstić information content (AvgIpc) is 2.00. The van der Waals surface area contributed by atoms with Crippen LogP contribution < -0.4 is 30.4 Å². The van der Waals surface area contributed by atoms with Crippen molar-refractivity contribution in [2.24, 2.45) is 0 Å². The summed E-state index contributed by atoms with van der Waals surface area (Å²) in [6.07, 6.45) is 4.78. The molecule has 0 radical (unpaired) electrons. The summed E-state index contributed by atoms with van der Waals surface area (Å²) in [5.74, 6) is 0.